The number of halogens is 2. The number of fused-ring (bicyclic) bond motifs is 1. The molecule has 0 saturated carbocycles. The number of benzene rings is 2. The number of nitrogens with one attached hydrogen (secondary N) is 1. The maximum Gasteiger partial charge on any atom is 0.231 e. The van der Waals surface area contributed by atoms with E-state index in [1.807, 2.05) is 0 Å². The van der Waals surface area contributed by atoms with E-state index in [1.54, 1.807) is 24.3 Å². The topological polar surface area (TPSA) is 50.7 Å². The quantitative estimate of drug-likeness (QED) is 0.898. The lowest BCUT2D eigenvalue weighted by molar-refractivity contribution is 0.174. The third-order valence-corrected chi connectivity index (χ3v) is 3.62. The zero-order valence-corrected chi connectivity index (χ0v) is 11.8. The van der Waals surface area contributed by atoms with Crippen LogP contribution in [0, 0.1) is 0 Å². The molecule has 1 heterocycles. The standard InChI is InChI=1S/C14H11Cl2NO3/c15-9-2-1-3-10(16)14(9)17-6-8-4-12-13(5-11(8)18)20-7-19-12/h1-5,17-18H,6-7H2. The van der Waals surface area contributed by atoms with Crippen LogP contribution in [0.3, 0.4) is 0 Å². The van der Waals surface area contributed by atoms with Gasteiger partial charge in [0, 0.05) is 18.2 Å². The fourth-order valence-corrected chi connectivity index (χ4v) is 2.50. The monoisotopic (exact) mass is 311 g/mol. The van der Waals surface area contributed by atoms with E-state index in [-0.39, 0.29) is 12.5 Å². The summed E-state index contributed by atoms with van der Waals surface area (Å²) in [6.45, 7) is 0.536. The number of anilines is 1. The zero-order valence-electron chi connectivity index (χ0n) is 10.3. The van der Waals surface area contributed by atoms with E-state index < -0.39 is 0 Å². The van der Waals surface area contributed by atoms with Gasteiger partial charge >= 0.3 is 0 Å². The number of ether oxygens (including phenoxy) is 2. The van der Waals surface area contributed by atoms with Gasteiger partial charge in [0.1, 0.15) is 5.75 Å². The van der Waals surface area contributed by atoms with Crippen molar-refractivity contribution in [3.63, 3.8) is 0 Å². The molecule has 1 aliphatic rings. The summed E-state index contributed by atoms with van der Waals surface area (Å²) in [5, 5.41) is 14.1. The summed E-state index contributed by atoms with van der Waals surface area (Å²) in [6.07, 6.45) is 0. The van der Waals surface area contributed by atoms with Gasteiger partial charge < -0.3 is 19.9 Å². The summed E-state index contributed by atoms with van der Waals surface area (Å²) in [5.74, 6) is 1.29. The molecule has 0 saturated heterocycles. The van der Waals surface area contributed by atoms with Crippen LogP contribution in [0.5, 0.6) is 17.2 Å². The molecule has 0 aliphatic carbocycles. The predicted octanol–water partition coefficient (Wildman–Crippen LogP) is 4.04. The highest BCUT2D eigenvalue weighted by Gasteiger charge is 2.17. The minimum Gasteiger partial charge on any atom is -0.507 e. The van der Waals surface area contributed by atoms with Crippen molar-refractivity contribution < 1.29 is 14.6 Å². The molecule has 20 heavy (non-hydrogen) atoms. The van der Waals surface area contributed by atoms with Crippen LogP contribution >= 0.6 is 23.2 Å². The third-order valence-electron chi connectivity index (χ3n) is 2.99. The third kappa shape index (κ3) is 2.44. The normalized spacial score (nSPS) is 12.5. The maximum absolute atomic E-state index is 9.95. The molecule has 2 aromatic rings. The van der Waals surface area contributed by atoms with Gasteiger partial charge in [-0.05, 0) is 18.2 Å². The van der Waals surface area contributed by atoms with Gasteiger partial charge in [0.2, 0.25) is 6.79 Å². The number of hydrogen-bond donors (Lipinski definition) is 2. The molecule has 2 aromatic carbocycles. The van der Waals surface area contributed by atoms with Crippen LogP contribution in [0.1, 0.15) is 5.56 Å². The molecule has 104 valence electrons. The van der Waals surface area contributed by atoms with Crippen molar-refractivity contribution in [1.29, 1.82) is 0 Å². The van der Waals surface area contributed by atoms with Gasteiger partial charge in [-0.1, -0.05) is 29.3 Å². The van der Waals surface area contributed by atoms with Crippen molar-refractivity contribution >= 4 is 28.9 Å². The Balaban J connectivity index is 1.82. The summed E-state index contributed by atoms with van der Waals surface area (Å²) in [4.78, 5) is 0. The molecule has 0 amide bonds. The molecule has 1 aliphatic heterocycles. The molecule has 0 atom stereocenters. The van der Waals surface area contributed by atoms with Gasteiger partial charge in [-0.25, -0.2) is 0 Å². The first-order valence-corrected chi connectivity index (χ1v) is 6.70. The Morgan fingerprint density at radius 3 is 2.45 bits per heavy atom. The first kappa shape index (κ1) is 13.2. The Morgan fingerprint density at radius 1 is 1.10 bits per heavy atom. The van der Waals surface area contributed by atoms with E-state index in [1.165, 1.54) is 6.07 Å². The Labute approximate surface area is 125 Å². The molecule has 0 fully saturated rings. The molecule has 4 nitrogen and oxygen atoms in total. The van der Waals surface area contributed by atoms with Crippen LogP contribution in [0.15, 0.2) is 30.3 Å². The van der Waals surface area contributed by atoms with Crippen LogP contribution < -0.4 is 14.8 Å². The summed E-state index contributed by atoms with van der Waals surface area (Å²) in [7, 11) is 0. The van der Waals surface area contributed by atoms with E-state index in [9.17, 15) is 5.11 Å². The number of phenolic OH excluding ortho intramolecular Hbond substituents is 1. The highest BCUT2D eigenvalue weighted by atomic mass is 35.5. The predicted molar refractivity (Wildman–Crippen MR) is 78.0 cm³/mol. The van der Waals surface area contributed by atoms with Crippen LogP contribution in [0.25, 0.3) is 0 Å². The van der Waals surface area contributed by atoms with E-state index in [4.69, 9.17) is 32.7 Å². The van der Waals surface area contributed by atoms with E-state index in [0.29, 0.717) is 39.3 Å². The highest BCUT2D eigenvalue weighted by molar-refractivity contribution is 6.39. The van der Waals surface area contributed by atoms with Crippen molar-refractivity contribution in [1.82, 2.24) is 0 Å². The van der Waals surface area contributed by atoms with Crippen LogP contribution in [-0.4, -0.2) is 11.9 Å². The zero-order chi connectivity index (χ0) is 14.1. The van der Waals surface area contributed by atoms with Gasteiger partial charge in [0.05, 0.1) is 15.7 Å². The Kier molecular flexibility index (Phi) is 3.51. The lowest BCUT2D eigenvalue weighted by Crippen LogP contribution is -2.01. The lowest BCUT2D eigenvalue weighted by Gasteiger charge is -2.11. The molecule has 3 rings (SSSR count). The van der Waals surface area contributed by atoms with Crippen LogP contribution in [0.2, 0.25) is 10.0 Å². The molecule has 0 aromatic heterocycles. The number of phenols is 1. The molecule has 0 unspecified atom stereocenters. The fourth-order valence-electron chi connectivity index (χ4n) is 1.97. The molecule has 2 N–H and O–H groups in total. The minimum absolute atomic E-state index is 0.130. The number of hydrogen-bond acceptors (Lipinski definition) is 4. The second-order valence-electron chi connectivity index (χ2n) is 4.28. The molecule has 6 heteroatoms. The number of rotatable bonds is 3. The van der Waals surface area contributed by atoms with Crippen molar-refractivity contribution in [2.45, 2.75) is 6.54 Å². The number of para-hydroxylation sites is 1. The molecular weight excluding hydrogens is 301 g/mol. The SMILES string of the molecule is Oc1cc2c(cc1CNc1c(Cl)cccc1Cl)OCO2. The summed E-state index contributed by atoms with van der Waals surface area (Å²) in [6, 6.07) is 8.53. The first-order valence-electron chi connectivity index (χ1n) is 5.94. The van der Waals surface area contributed by atoms with Gasteiger partial charge in [-0.15, -0.1) is 0 Å². The molecular formula is C14H11Cl2NO3. The highest BCUT2D eigenvalue weighted by Crippen LogP contribution is 2.38. The maximum atomic E-state index is 9.95. The van der Waals surface area contributed by atoms with Crippen molar-refractivity contribution in [2.24, 2.45) is 0 Å². The van der Waals surface area contributed by atoms with Crippen molar-refractivity contribution in [3.8, 4) is 17.2 Å². The summed E-state index contributed by atoms with van der Waals surface area (Å²) < 4.78 is 10.5. The van der Waals surface area contributed by atoms with Gasteiger partial charge in [-0.3, -0.25) is 0 Å². The second-order valence-corrected chi connectivity index (χ2v) is 5.10. The summed E-state index contributed by atoms with van der Waals surface area (Å²) in [5.41, 5.74) is 1.30. The molecule has 0 bridgehead atoms. The summed E-state index contributed by atoms with van der Waals surface area (Å²) >= 11 is 12.2. The van der Waals surface area contributed by atoms with Crippen molar-refractivity contribution in [3.05, 3.63) is 45.9 Å². The van der Waals surface area contributed by atoms with Crippen LogP contribution in [-0.2, 0) is 6.54 Å². The Morgan fingerprint density at radius 2 is 1.75 bits per heavy atom. The van der Waals surface area contributed by atoms with Gasteiger partial charge in [0.15, 0.2) is 11.5 Å². The van der Waals surface area contributed by atoms with Crippen molar-refractivity contribution in [2.75, 3.05) is 12.1 Å². The van der Waals surface area contributed by atoms with Gasteiger partial charge in [-0.2, -0.15) is 0 Å². The molecule has 0 radical (unpaired) electrons. The molecule has 0 spiro atoms. The average molecular weight is 312 g/mol. The Bertz CT molecular complexity index is 641. The minimum atomic E-state index is 0.130. The Hall–Kier alpha value is -1.78. The fraction of sp³-hybridized carbons (Fsp3) is 0.143. The largest absolute Gasteiger partial charge is 0.507 e. The first-order chi connectivity index (χ1) is 9.65. The van der Waals surface area contributed by atoms with E-state index in [2.05, 4.69) is 5.32 Å². The number of aromatic hydroxyl groups is 1. The smallest absolute Gasteiger partial charge is 0.231 e. The lowest BCUT2D eigenvalue weighted by atomic mass is 10.1. The van der Waals surface area contributed by atoms with Gasteiger partial charge in [0.25, 0.3) is 0 Å². The van der Waals surface area contributed by atoms with Crippen LogP contribution in [0.4, 0.5) is 5.69 Å². The van der Waals surface area contributed by atoms with E-state index in [0.717, 1.165) is 0 Å². The average Bonchev–Trinajstić information content (AvgIpc) is 2.85. The second kappa shape index (κ2) is 5.31. The van der Waals surface area contributed by atoms with E-state index >= 15 is 0 Å².